The first-order chi connectivity index (χ1) is 5.63. The highest BCUT2D eigenvalue weighted by Crippen LogP contribution is 1.99. The van der Waals surface area contributed by atoms with E-state index < -0.39 is 12.3 Å². The number of carboxylic acid groups (broad SMARTS) is 2. The molecule has 0 unspecified atom stereocenters. The van der Waals surface area contributed by atoms with Gasteiger partial charge in [-0.2, -0.15) is 0 Å². The molecular weight excluding hydrogens is 168 g/mol. The van der Waals surface area contributed by atoms with Crippen molar-refractivity contribution in [3.63, 3.8) is 0 Å². The van der Waals surface area contributed by atoms with Gasteiger partial charge >= 0.3 is 12.3 Å². The predicted octanol–water partition coefficient (Wildman–Crippen LogP) is 1.16. The summed E-state index contributed by atoms with van der Waals surface area (Å²) in [5.41, 5.74) is 0. The van der Waals surface area contributed by atoms with Crippen LogP contribution in [0.2, 0.25) is 0 Å². The van der Waals surface area contributed by atoms with E-state index in [1.807, 2.05) is 0 Å². The fraction of sp³-hybridized carbons (Fsp3) is 0.667. The van der Waals surface area contributed by atoms with Crippen LogP contribution in [0.25, 0.3) is 0 Å². The van der Waals surface area contributed by atoms with Crippen LogP contribution in [-0.2, 0) is 9.47 Å². The Morgan fingerprint density at radius 1 is 1.17 bits per heavy atom. The van der Waals surface area contributed by atoms with E-state index in [2.05, 4.69) is 9.47 Å². The topological polar surface area (TPSA) is 93.1 Å². The Morgan fingerprint density at radius 3 is 1.83 bits per heavy atom. The van der Waals surface area contributed by atoms with E-state index in [1.165, 1.54) is 0 Å². The standard InChI is InChI=1S/C5H8O3.CH2O3/c6-5-7-3-1-2-4-8-5;2-1(3)4/h1-4H2;(H2,2,3,4). The van der Waals surface area contributed by atoms with E-state index in [0.29, 0.717) is 13.2 Å². The molecule has 12 heavy (non-hydrogen) atoms. The number of cyclic esters (lactones) is 2. The molecule has 1 aliphatic heterocycles. The Hall–Kier alpha value is -1.46. The van der Waals surface area contributed by atoms with E-state index >= 15 is 0 Å². The van der Waals surface area contributed by atoms with Gasteiger partial charge in [0.2, 0.25) is 0 Å². The first-order valence-corrected chi connectivity index (χ1v) is 3.34. The average Bonchev–Trinajstić information content (AvgIpc) is 2.14. The first kappa shape index (κ1) is 10.5. The number of carbonyl (C=O) groups excluding carboxylic acids is 1. The molecule has 0 bridgehead atoms. The van der Waals surface area contributed by atoms with Gasteiger partial charge in [-0.15, -0.1) is 0 Å². The fourth-order valence-electron chi connectivity index (χ4n) is 0.557. The molecule has 0 aromatic heterocycles. The van der Waals surface area contributed by atoms with E-state index in [9.17, 15) is 4.79 Å². The summed E-state index contributed by atoms with van der Waals surface area (Å²) in [5.74, 6) is 0. The molecule has 0 atom stereocenters. The molecule has 0 amide bonds. The zero-order valence-electron chi connectivity index (χ0n) is 6.36. The molecule has 0 aliphatic carbocycles. The maximum absolute atomic E-state index is 10.2. The van der Waals surface area contributed by atoms with Crippen LogP contribution in [0.5, 0.6) is 0 Å². The van der Waals surface area contributed by atoms with Gasteiger partial charge in [-0.05, 0) is 12.8 Å². The minimum absolute atomic E-state index is 0.513. The summed E-state index contributed by atoms with van der Waals surface area (Å²) in [6, 6.07) is 0. The van der Waals surface area contributed by atoms with Crippen molar-refractivity contribution < 1.29 is 29.3 Å². The number of hydrogen-bond donors (Lipinski definition) is 2. The number of ether oxygens (including phenoxy) is 2. The molecule has 0 saturated carbocycles. The number of carbonyl (C=O) groups is 2. The molecule has 2 N–H and O–H groups in total. The third-order valence-electron chi connectivity index (χ3n) is 0.979. The van der Waals surface area contributed by atoms with Crippen LogP contribution in [-0.4, -0.2) is 35.7 Å². The summed E-state index contributed by atoms with van der Waals surface area (Å²) in [4.78, 5) is 18.8. The van der Waals surface area contributed by atoms with E-state index in [1.54, 1.807) is 0 Å². The van der Waals surface area contributed by atoms with Crippen LogP contribution in [0.1, 0.15) is 12.8 Å². The Labute approximate surface area is 68.7 Å². The third-order valence-corrected chi connectivity index (χ3v) is 0.979. The van der Waals surface area contributed by atoms with Crippen LogP contribution < -0.4 is 0 Å². The molecule has 6 nitrogen and oxygen atoms in total. The monoisotopic (exact) mass is 178 g/mol. The lowest BCUT2D eigenvalue weighted by atomic mass is 10.3. The molecule has 6 heteroatoms. The van der Waals surface area contributed by atoms with Gasteiger partial charge in [0.1, 0.15) is 0 Å². The lowest BCUT2D eigenvalue weighted by Crippen LogP contribution is -2.02. The molecule has 0 radical (unpaired) electrons. The van der Waals surface area contributed by atoms with Gasteiger partial charge in [0.15, 0.2) is 0 Å². The fourth-order valence-corrected chi connectivity index (χ4v) is 0.557. The van der Waals surface area contributed by atoms with Gasteiger partial charge in [0.25, 0.3) is 0 Å². The van der Waals surface area contributed by atoms with Crippen LogP contribution in [0, 0.1) is 0 Å². The summed E-state index contributed by atoms with van der Waals surface area (Å²) in [5, 5.41) is 13.9. The van der Waals surface area contributed by atoms with Crippen molar-refractivity contribution in [3.8, 4) is 0 Å². The summed E-state index contributed by atoms with van der Waals surface area (Å²) < 4.78 is 9.08. The molecule has 0 aromatic rings. The third kappa shape index (κ3) is 8.54. The SMILES string of the molecule is O=C(O)O.O=C1OCCCCO1. The lowest BCUT2D eigenvalue weighted by Gasteiger charge is -1.94. The zero-order valence-corrected chi connectivity index (χ0v) is 6.36. The van der Waals surface area contributed by atoms with Crippen molar-refractivity contribution in [1.29, 1.82) is 0 Å². The molecule has 0 aromatic carbocycles. The van der Waals surface area contributed by atoms with Gasteiger partial charge in [0.05, 0.1) is 13.2 Å². The second-order valence-corrected chi connectivity index (χ2v) is 1.94. The van der Waals surface area contributed by atoms with Gasteiger partial charge in [-0.1, -0.05) is 0 Å². The van der Waals surface area contributed by atoms with Crippen molar-refractivity contribution in [2.45, 2.75) is 12.8 Å². The first-order valence-electron chi connectivity index (χ1n) is 3.34. The van der Waals surface area contributed by atoms with Gasteiger partial charge in [-0.25, -0.2) is 9.59 Å². The van der Waals surface area contributed by atoms with Crippen LogP contribution in [0.15, 0.2) is 0 Å². The Balaban J connectivity index is 0.000000261. The average molecular weight is 178 g/mol. The Kier molecular flexibility index (Phi) is 5.50. The normalized spacial score (nSPS) is 15.8. The Morgan fingerprint density at radius 2 is 1.50 bits per heavy atom. The van der Waals surface area contributed by atoms with E-state index in [4.69, 9.17) is 15.0 Å². The highest BCUT2D eigenvalue weighted by molar-refractivity contribution is 5.59. The van der Waals surface area contributed by atoms with E-state index in [0.717, 1.165) is 12.8 Å². The molecule has 1 fully saturated rings. The van der Waals surface area contributed by atoms with Crippen LogP contribution >= 0.6 is 0 Å². The lowest BCUT2D eigenvalue weighted by molar-refractivity contribution is 0.0728. The van der Waals surface area contributed by atoms with Gasteiger partial charge < -0.3 is 19.7 Å². The quantitative estimate of drug-likeness (QED) is 0.540. The molecule has 0 spiro atoms. The highest BCUT2D eigenvalue weighted by Gasteiger charge is 2.06. The summed E-state index contributed by atoms with van der Waals surface area (Å²) in [6.07, 6.45) is -0.514. The van der Waals surface area contributed by atoms with Crippen molar-refractivity contribution >= 4 is 12.3 Å². The van der Waals surface area contributed by atoms with Crippen molar-refractivity contribution in [2.75, 3.05) is 13.2 Å². The zero-order chi connectivity index (χ0) is 9.40. The maximum Gasteiger partial charge on any atom is 0.508 e. The summed E-state index contributed by atoms with van der Waals surface area (Å²) in [6.45, 7) is 1.03. The largest absolute Gasteiger partial charge is 0.508 e. The number of hydrogen-bond acceptors (Lipinski definition) is 4. The maximum atomic E-state index is 10.2. The molecule has 1 saturated heterocycles. The summed E-state index contributed by atoms with van der Waals surface area (Å²) >= 11 is 0. The summed E-state index contributed by atoms with van der Waals surface area (Å²) in [7, 11) is 0. The molecule has 1 rings (SSSR count). The van der Waals surface area contributed by atoms with Crippen molar-refractivity contribution in [3.05, 3.63) is 0 Å². The molecule has 1 aliphatic rings. The smallest absolute Gasteiger partial charge is 0.450 e. The van der Waals surface area contributed by atoms with Gasteiger partial charge in [-0.3, -0.25) is 0 Å². The Bertz CT molecular complexity index is 140. The van der Waals surface area contributed by atoms with Crippen LogP contribution in [0.4, 0.5) is 9.59 Å². The highest BCUT2D eigenvalue weighted by atomic mass is 16.7. The second kappa shape index (κ2) is 6.26. The van der Waals surface area contributed by atoms with Gasteiger partial charge in [0, 0.05) is 0 Å². The second-order valence-electron chi connectivity index (χ2n) is 1.94. The molecule has 70 valence electrons. The minimum Gasteiger partial charge on any atom is -0.450 e. The van der Waals surface area contributed by atoms with E-state index in [-0.39, 0.29) is 0 Å². The van der Waals surface area contributed by atoms with Crippen LogP contribution in [0.3, 0.4) is 0 Å². The number of rotatable bonds is 0. The minimum atomic E-state index is -1.83. The van der Waals surface area contributed by atoms with Crippen molar-refractivity contribution in [1.82, 2.24) is 0 Å². The van der Waals surface area contributed by atoms with Crippen molar-refractivity contribution in [2.24, 2.45) is 0 Å². The molecular formula is C6H10O6. The molecule has 1 heterocycles. The predicted molar refractivity (Wildman–Crippen MR) is 37.2 cm³/mol.